The number of benzene rings is 1. The lowest BCUT2D eigenvalue weighted by Gasteiger charge is -2.06. The van der Waals surface area contributed by atoms with Gasteiger partial charge in [0.1, 0.15) is 6.61 Å². The molecule has 17 heavy (non-hydrogen) atoms. The summed E-state index contributed by atoms with van der Waals surface area (Å²) in [6, 6.07) is 12.3. The zero-order valence-electron chi connectivity index (χ0n) is 9.17. The Labute approximate surface area is 99.1 Å². The average Bonchev–Trinajstić information content (AvgIpc) is 2.38. The molecule has 0 aliphatic rings. The van der Waals surface area contributed by atoms with E-state index in [4.69, 9.17) is 10.5 Å². The van der Waals surface area contributed by atoms with Crippen LogP contribution >= 0.6 is 0 Å². The summed E-state index contributed by atoms with van der Waals surface area (Å²) in [6.07, 6.45) is 1.65. The zero-order valence-corrected chi connectivity index (χ0v) is 9.17. The minimum Gasteiger partial charge on any atom is -0.456 e. The van der Waals surface area contributed by atoms with Crippen LogP contribution in [0.5, 0.6) is 0 Å². The number of hydrogen-bond donors (Lipinski definition) is 1. The summed E-state index contributed by atoms with van der Waals surface area (Å²) in [5, 5.41) is 0. The number of carbonyl (C=O) groups excluding carboxylic acids is 1. The van der Waals surface area contributed by atoms with Crippen LogP contribution in [0, 0.1) is 0 Å². The number of rotatable bonds is 3. The minimum absolute atomic E-state index is 0.147. The predicted octanol–water partition coefficient (Wildman–Crippen LogP) is 2.02. The monoisotopic (exact) mass is 228 g/mol. The lowest BCUT2D eigenvalue weighted by molar-refractivity contribution is 0.0469. The molecule has 0 amide bonds. The van der Waals surface area contributed by atoms with Crippen LogP contribution in [0.25, 0.3) is 0 Å². The molecule has 2 aromatic rings. The number of carbonyl (C=O) groups is 1. The van der Waals surface area contributed by atoms with E-state index >= 15 is 0 Å². The van der Waals surface area contributed by atoms with Crippen molar-refractivity contribution in [2.75, 3.05) is 5.73 Å². The number of aromatic nitrogens is 1. The minimum atomic E-state index is -0.436. The van der Waals surface area contributed by atoms with Crippen molar-refractivity contribution in [2.24, 2.45) is 0 Å². The molecule has 2 N–H and O–H groups in total. The number of ether oxygens (including phenoxy) is 1. The highest BCUT2D eigenvalue weighted by molar-refractivity contribution is 5.94. The van der Waals surface area contributed by atoms with Gasteiger partial charge in [0.25, 0.3) is 0 Å². The summed E-state index contributed by atoms with van der Waals surface area (Å²) in [5.41, 5.74) is 7.17. The molecule has 0 unspecified atom stereocenters. The number of para-hydroxylation sites is 1. The smallest absolute Gasteiger partial charge is 0.340 e. The average molecular weight is 228 g/mol. The van der Waals surface area contributed by atoms with Gasteiger partial charge in [-0.25, -0.2) is 4.79 Å². The third kappa shape index (κ3) is 2.81. The van der Waals surface area contributed by atoms with Crippen molar-refractivity contribution in [1.82, 2.24) is 4.98 Å². The highest BCUT2D eigenvalue weighted by Crippen LogP contribution is 2.12. The zero-order chi connectivity index (χ0) is 12.1. The highest BCUT2D eigenvalue weighted by atomic mass is 16.5. The molecule has 0 atom stereocenters. The third-order valence-electron chi connectivity index (χ3n) is 2.26. The molecule has 1 aromatic carbocycles. The topological polar surface area (TPSA) is 65.2 Å². The number of anilines is 1. The number of esters is 1. The Balaban J connectivity index is 2.01. The van der Waals surface area contributed by atoms with E-state index in [0.717, 1.165) is 0 Å². The van der Waals surface area contributed by atoms with Gasteiger partial charge < -0.3 is 10.5 Å². The molecule has 0 radical (unpaired) electrons. The second kappa shape index (κ2) is 5.12. The lowest BCUT2D eigenvalue weighted by Crippen LogP contribution is -2.08. The number of hydrogen-bond acceptors (Lipinski definition) is 4. The van der Waals surface area contributed by atoms with Crippen molar-refractivity contribution in [3.63, 3.8) is 0 Å². The van der Waals surface area contributed by atoms with Crippen molar-refractivity contribution < 1.29 is 9.53 Å². The first kappa shape index (κ1) is 11.1. The molecular weight excluding hydrogens is 216 g/mol. The largest absolute Gasteiger partial charge is 0.456 e. The molecule has 0 saturated carbocycles. The van der Waals surface area contributed by atoms with Crippen molar-refractivity contribution >= 4 is 11.7 Å². The van der Waals surface area contributed by atoms with Gasteiger partial charge in [0, 0.05) is 11.9 Å². The van der Waals surface area contributed by atoms with Crippen LogP contribution in [0.15, 0.2) is 48.7 Å². The molecule has 0 bridgehead atoms. The second-order valence-electron chi connectivity index (χ2n) is 3.48. The van der Waals surface area contributed by atoms with Crippen LogP contribution in [0.1, 0.15) is 16.1 Å². The standard InChI is InChI=1S/C13H12N2O2/c14-12-7-2-1-6-11(12)13(16)17-9-10-5-3-4-8-15-10/h1-8H,9,14H2. The van der Waals surface area contributed by atoms with E-state index in [9.17, 15) is 4.79 Å². The Bertz CT molecular complexity index is 512. The van der Waals surface area contributed by atoms with E-state index in [1.165, 1.54) is 0 Å². The number of nitrogens with zero attached hydrogens (tertiary/aromatic N) is 1. The molecule has 0 aliphatic carbocycles. The van der Waals surface area contributed by atoms with Crippen molar-refractivity contribution in [2.45, 2.75) is 6.61 Å². The Morgan fingerprint density at radius 3 is 2.65 bits per heavy atom. The molecule has 0 aliphatic heterocycles. The fourth-order valence-corrected chi connectivity index (χ4v) is 1.38. The summed E-state index contributed by atoms with van der Waals surface area (Å²) in [5.74, 6) is -0.436. The van der Waals surface area contributed by atoms with Gasteiger partial charge in [-0.1, -0.05) is 18.2 Å². The highest BCUT2D eigenvalue weighted by Gasteiger charge is 2.10. The molecule has 1 aromatic heterocycles. The maximum atomic E-state index is 11.7. The van der Waals surface area contributed by atoms with E-state index in [2.05, 4.69) is 4.98 Å². The van der Waals surface area contributed by atoms with E-state index < -0.39 is 5.97 Å². The molecule has 4 nitrogen and oxygen atoms in total. The van der Waals surface area contributed by atoms with Crippen LogP contribution in [-0.4, -0.2) is 11.0 Å². The summed E-state index contributed by atoms with van der Waals surface area (Å²) >= 11 is 0. The first-order valence-corrected chi connectivity index (χ1v) is 5.19. The maximum absolute atomic E-state index is 11.7. The van der Waals surface area contributed by atoms with Gasteiger partial charge in [-0.15, -0.1) is 0 Å². The molecule has 4 heteroatoms. The fraction of sp³-hybridized carbons (Fsp3) is 0.0769. The van der Waals surface area contributed by atoms with Gasteiger partial charge in [0.15, 0.2) is 0 Å². The first-order chi connectivity index (χ1) is 8.27. The van der Waals surface area contributed by atoms with Gasteiger partial charge in [-0.2, -0.15) is 0 Å². The lowest BCUT2D eigenvalue weighted by atomic mass is 10.2. The fourth-order valence-electron chi connectivity index (χ4n) is 1.38. The molecule has 86 valence electrons. The maximum Gasteiger partial charge on any atom is 0.340 e. The quantitative estimate of drug-likeness (QED) is 0.644. The molecule has 0 saturated heterocycles. The Morgan fingerprint density at radius 1 is 1.18 bits per heavy atom. The van der Waals surface area contributed by atoms with E-state index in [-0.39, 0.29) is 6.61 Å². The molecular formula is C13H12N2O2. The van der Waals surface area contributed by atoms with Crippen molar-refractivity contribution in [3.8, 4) is 0 Å². The summed E-state index contributed by atoms with van der Waals surface area (Å²) in [7, 11) is 0. The molecule has 0 fully saturated rings. The number of pyridine rings is 1. The Morgan fingerprint density at radius 2 is 1.94 bits per heavy atom. The normalized spacial score (nSPS) is 9.88. The molecule has 1 heterocycles. The summed E-state index contributed by atoms with van der Waals surface area (Å²) in [6.45, 7) is 0.147. The van der Waals surface area contributed by atoms with Crippen LogP contribution in [0.3, 0.4) is 0 Å². The second-order valence-corrected chi connectivity index (χ2v) is 3.48. The van der Waals surface area contributed by atoms with Gasteiger partial charge in [0.05, 0.1) is 11.3 Å². The van der Waals surface area contributed by atoms with E-state index in [1.807, 2.05) is 6.07 Å². The van der Waals surface area contributed by atoms with Gasteiger partial charge in [-0.05, 0) is 24.3 Å². The van der Waals surface area contributed by atoms with Gasteiger partial charge in [-0.3, -0.25) is 4.98 Å². The van der Waals surface area contributed by atoms with Crippen LogP contribution in [0.2, 0.25) is 0 Å². The van der Waals surface area contributed by atoms with Crippen LogP contribution < -0.4 is 5.73 Å². The first-order valence-electron chi connectivity index (χ1n) is 5.19. The van der Waals surface area contributed by atoms with Crippen molar-refractivity contribution in [1.29, 1.82) is 0 Å². The van der Waals surface area contributed by atoms with Crippen molar-refractivity contribution in [3.05, 3.63) is 59.9 Å². The van der Waals surface area contributed by atoms with E-state index in [1.54, 1.807) is 42.6 Å². The van der Waals surface area contributed by atoms with E-state index in [0.29, 0.717) is 16.9 Å². The Hall–Kier alpha value is -2.36. The number of nitrogens with two attached hydrogens (primary N) is 1. The number of nitrogen functional groups attached to an aromatic ring is 1. The molecule has 2 rings (SSSR count). The summed E-state index contributed by atoms with van der Waals surface area (Å²) in [4.78, 5) is 15.8. The predicted molar refractivity (Wildman–Crippen MR) is 64.2 cm³/mol. The Kier molecular flexibility index (Phi) is 3.35. The molecule has 0 spiro atoms. The van der Waals surface area contributed by atoms with Gasteiger partial charge in [0.2, 0.25) is 0 Å². The van der Waals surface area contributed by atoms with Crippen LogP contribution in [-0.2, 0) is 11.3 Å². The van der Waals surface area contributed by atoms with Gasteiger partial charge >= 0.3 is 5.97 Å². The summed E-state index contributed by atoms with van der Waals surface area (Å²) < 4.78 is 5.11. The SMILES string of the molecule is Nc1ccccc1C(=O)OCc1ccccn1. The third-order valence-corrected chi connectivity index (χ3v) is 2.26. The van der Waals surface area contributed by atoms with Crippen LogP contribution in [0.4, 0.5) is 5.69 Å².